The maximum atomic E-state index is 12.6. The van der Waals surface area contributed by atoms with Crippen LogP contribution in [0, 0.1) is 32.1 Å². The Bertz CT molecular complexity index is 786. The van der Waals surface area contributed by atoms with Crippen molar-refractivity contribution in [2.45, 2.75) is 46.0 Å². The van der Waals surface area contributed by atoms with E-state index in [1.165, 1.54) is 0 Å². The zero-order chi connectivity index (χ0) is 16.7. The molecule has 1 aliphatic carbocycles. The fraction of sp³-hybridized carbons (Fsp3) is 0.368. The van der Waals surface area contributed by atoms with Crippen molar-refractivity contribution in [3.05, 3.63) is 57.2 Å². The number of nitrogens with two attached hydrogens (primary N) is 1. The molecule has 0 spiro atoms. The molecule has 4 heteroatoms. The molecule has 118 valence electrons. The number of benzene rings is 1. The highest BCUT2D eigenvalue weighted by Gasteiger charge is 2.39. The second-order valence-electron chi connectivity index (χ2n) is 6.35. The molecule has 1 aliphatic heterocycles. The van der Waals surface area contributed by atoms with Gasteiger partial charge in [0.2, 0.25) is 5.88 Å². The number of ether oxygens (including phenoxy) is 1. The van der Waals surface area contributed by atoms with E-state index in [4.69, 9.17) is 10.5 Å². The molecule has 0 bridgehead atoms. The second kappa shape index (κ2) is 5.58. The smallest absolute Gasteiger partial charge is 0.205 e. The Morgan fingerprint density at radius 1 is 1.22 bits per heavy atom. The molecule has 1 heterocycles. The van der Waals surface area contributed by atoms with Crippen molar-refractivity contribution in [2.24, 2.45) is 5.73 Å². The zero-order valence-corrected chi connectivity index (χ0v) is 13.7. The van der Waals surface area contributed by atoms with Crippen molar-refractivity contribution in [3.8, 4) is 6.07 Å². The zero-order valence-electron chi connectivity index (χ0n) is 13.7. The first-order valence-electron chi connectivity index (χ1n) is 7.85. The van der Waals surface area contributed by atoms with E-state index in [1.54, 1.807) is 0 Å². The molecule has 23 heavy (non-hydrogen) atoms. The van der Waals surface area contributed by atoms with Crippen LogP contribution in [-0.4, -0.2) is 5.78 Å². The Kier molecular flexibility index (Phi) is 3.73. The molecular formula is C19H20N2O2. The summed E-state index contributed by atoms with van der Waals surface area (Å²) in [4.78, 5) is 12.6. The van der Waals surface area contributed by atoms with Crippen LogP contribution in [0.3, 0.4) is 0 Å². The summed E-state index contributed by atoms with van der Waals surface area (Å²) in [5, 5.41) is 9.60. The number of allylic oxidation sites excluding steroid dienone is 3. The molecule has 0 fully saturated rings. The number of Topliss-reactive ketones (excluding diaryl/α,β-unsaturated/α-hetero) is 1. The maximum absolute atomic E-state index is 12.6. The maximum Gasteiger partial charge on any atom is 0.205 e. The lowest BCUT2D eigenvalue weighted by Gasteiger charge is -2.32. The van der Waals surface area contributed by atoms with Gasteiger partial charge in [0.1, 0.15) is 17.4 Å². The summed E-state index contributed by atoms with van der Waals surface area (Å²) < 4.78 is 5.61. The van der Waals surface area contributed by atoms with Crippen LogP contribution >= 0.6 is 0 Å². The third kappa shape index (κ3) is 2.43. The lowest BCUT2D eigenvalue weighted by molar-refractivity contribution is -0.116. The van der Waals surface area contributed by atoms with Gasteiger partial charge >= 0.3 is 0 Å². The Balaban J connectivity index is 2.28. The van der Waals surface area contributed by atoms with E-state index in [9.17, 15) is 10.1 Å². The first-order valence-corrected chi connectivity index (χ1v) is 7.85. The topological polar surface area (TPSA) is 76.1 Å². The molecule has 1 aromatic carbocycles. The highest BCUT2D eigenvalue weighted by Crippen LogP contribution is 2.45. The average Bonchev–Trinajstić information content (AvgIpc) is 2.46. The third-order valence-electron chi connectivity index (χ3n) is 4.63. The van der Waals surface area contributed by atoms with E-state index >= 15 is 0 Å². The highest BCUT2D eigenvalue weighted by molar-refractivity contribution is 5.99. The minimum Gasteiger partial charge on any atom is -0.444 e. The molecule has 1 aromatic rings. The summed E-state index contributed by atoms with van der Waals surface area (Å²) in [7, 11) is 0. The summed E-state index contributed by atoms with van der Waals surface area (Å²) >= 11 is 0. The van der Waals surface area contributed by atoms with E-state index < -0.39 is 5.92 Å². The summed E-state index contributed by atoms with van der Waals surface area (Å²) in [6.07, 6.45) is 1.97. The molecular weight excluding hydrogens is 288 g/mol. The average molecular weight is 308 g/mol. The van der Waals surface area contributed by atoms with E-state index in [0.717, 1.165) is 28.7 Å². The van der Waals surface area contributed by atoms with Crippen LogP contribution < -0.4 is 5.73 Å². The minimum atomic E-state index is -0.405. The van der Waals surface area contributed by atoms with E-state index in [0.29, 0.717) is 29.7 Å². The van der Waals surface area contributed by atoms with Crippen molar-refractivity contribution in [3.63, 3.8) is 0 Å². The molecule has 0 saturated carbocycles. The fourth-order valence-electron chi connectivity index (χ4n) is 3.79. The molecule has 0 amide bonds. The number of carbonyl (C=O) groups excluding carboxylic acids is 1. The SMILES string of the molecule is Cc1cc(C)c(C2C(C#N)=C(N)OC3=C2C(=O)CCC3)c(C)c1. The van der Waals surface area contributed by atoms with Crippen molar-refractivity contribution in [2.75, 3.05) is 0 Å². The number of ketones is 1. The summed E-state index contributed by atoms with van der Waals surface area (Å²) in [5.74, 6) is 0.431. The van der Waals surface area contributed by atoms with Gasteiger partial charge in [0.25, 0.3) is 0 Å². The van der Waals surface area contributed by atoms with Gasteiger partial charge < -0.3 is 10.5 Å². The van der Waals surface area contributed by atoms with Crippen LogP contribution in [-0.2, 0) is 9.53 Å². The predicted octanol–water partition coefficient (Wildman–Crippen LogP) is 3.43. The summed E-state index contributed by atoms with van der Waals surface area (Å²) in [6, 6.07) is 6.33. The van der Waals surface area contributed by atoms with E-state index in [2.05, 4.69) is 18.2 Å². The second-order valence-corrected chi connectivity index (χ2v) is 6.35. The molecule has 1 atom stereocenters. The molecule has 0 aromatic heterocycles. The van der Waals surface area contributed by atoms with Crippen molar-refractivity contribution < 1.29 is 9.53 Å². The van der Waals surface area contributed by atoms with Crippen molar-refractivity contribution in [1.82, 2.24) is 0 Å². The van der Waals surface area contributed by atoms with Crippen LogP contribution in [0.1, 0.15) is 47.4 Å². The number of nitriles is 1. The predicted molar refractivity (Wildman–Crippen MR) is 87.2 cm³/mol. The van der Waals surface area contributed by atoms with Gasteiger partial charge in [-0.3, -0.25) is 4.79 Å². The van der Waals surface area contributed by atoms with Crippen LogP contribution in [0.4, 0.5) is 0 Å². The number of rotatable bonds is 1. The van der Waals surface area contributed by atoms with E-state index in [1.807, 2.05) is 20.8 Å². The van der Waals surface area contributed by atoms with E-state index in [-0.39, 0.29) is 11.7 Å². The van der Waals surface area contributed by atoms with Crippen molar-refractivity contribution in [1.29, 1.82) is 5.26 Å². The quantitative estimate of drug-likeness (QED) is 0.862. The molecule has 0 saturated heterocycles. The Morgan fingerprint density at radius 2 is 1.87 bits per heavy atom. The lowest BCUT2D eigenvalue weighted by atomic mass is 9.75. The van der Waals surface area contributed by atoms with Gasteiger partial charge in [0, 0.05) is 18.4 Å². The fourth-order valence-corrected chi connectivity index (χ4v) is 3.79. The van der Waals surface area contributed by atoms with Gasteiger partial charge in [-0.15, -0.1) is 0 Å². The van der Waals surface area contributed by atoms with Gasteiger partial charge in [-0.05, 0) is 43.9 Å². The normalized spacial score (nSPS) is 21.0. The van der Waals surface area contributed by atoms with Crippen LogP contribution in [0.2, 0.25) is 0 Å². The number of nitrogens with zero attached hydrogens (tertiary/aromatic N) is 1. The number of hydrogen-bond donors (Lipinski definition) is 1. The molecule has 2 aliphatic rings. The lowest BCUT2D eigenvalue weighted by Crippen LogP contribution is -2.28. The number of aryl methyl sites for hydroxylation is 3. The monoisotopic (exact) mass is 308 g/mol. The number of hydrogen-bond acceptors (Lipinski definition) is 4. The molecule has 3 rings (SSSR count). The Labute approximate surface area is 136 Å². The van der Waals surface area contributed by atoms with Gasteiger partial charge in [0.15, 0.2) is 5.78 Å². The van der Waals surface area contributed by atoms with Crippen molar-refractivity contribution >= 4 is 5.78 Å². The van der Waals surface area contributed by atoms with Gasteiger partial charge in [-0.1, -0.05) is 17.7 Å². The summed E-state index contributed by atoms with van der Waals surface area (Å²) in [6.45, 7) is 6.08. The van der Waals surface area contributed by atoms with Crippen LogP contribution in [0.15, 0.2) is 34.9 Å². The number of carbonyl (C=O) groups is 1. The van der Waals surface area contributed by atoms with Gasteiger partial charge in [-0.25, -0.2) is 0 Å². The standard InChI is InChI=1S/C19H20N2O2/c1-10-7-11(2)16(12(3)8-10)17-13(9-20)19(21)23-15-6-4-5-14(22)18(15)17/h7-8,17H,4-6,21H2,1-3H3. The Hall–Kier alpha value is -2.54. The molecule has 1 unspecified atom stereocenters. The summed E-state index contributed by atoms with van der Waals surface area (Å²) in [5.41, 5.74) is 11.3. The first-order chi connectivity index (χ1) is 10.9. The third-order valence-corrected chi connectivity index (χ3v) is 4.63. The van der Waals surface area contributed by atoms with Crippen LogP contribution in [0.5, 0.6) is 0 Å². The largest absolute Gasteiger partial charge is 0.444 e. The minimum absolute atomic E-state index is 0.0656. The van der Waals surface area contributed by atoms with Gasteiger partial charge in [-0.2, -0.15) is 5.26 Å². The first kappa shape index (κ1) is 15.4. The van der Waals surface area contributed by atoms with Crippen LogP contribution in [0.25, 0.3) is 0 Å². The highest BCUT2D eigenvalue weighted by atomic mass is 16.5. The molecule has 2 N–H and O–H groups in total. The molecule has 4 nitrogen and oxygen atoms in total. The van der Waals surface area contributed by atoms with Gasteiger partial charge in [0.05, 0.1) is 5.92 Å². The molecule has 0 radical (unpaired) electrons. The Morgan fingerprint density at radius 3 is 2.48 bits per heavy atom.